The number of carbonyl (C=O) groups excluding carboxylic acids is 2. The largest absolute Gasteiger partial charge is 0.508 e. The van der Waals surface area contributed by atoms with Gasteiger partial charge in [0.05, 0.1) is 10.3 Å². The lowest BCUT2D eigenvalue weighted by atomic mass is 10.1. The predicted octanol–water partition coefficient (Wildman–Crippen LogP) is 4.44. The van der Waals surface area contributed by atoms with E-state index in [0.717, 1.165) is 31.1 Å². The Balaban J connectivity index is 1.74. The summed E-state index contributed by atoms with van der Waals surface area (Å²) in [5.74, 6) is 0.288. The molecule has 0 saturated heterocycles. The third-order valence-corrected chi connectivity index (χ3v) is 7.15. The third-order valence-electron chi connectivity index (χ3n) is 5.05. The maximum Gasteiger partial charge on any atom is 0.275 e. The molecule has 0 fully saturated rings. The molecule has 1 aromatic carbocycles. The highest BCUT2D eigenvalue weighted by molar-refractivity contribution is 7.22. The van der Waals surface area contributed by atoms with E-state index >= 15 is 0 Å². The monoisotopic (exact) mass is 448 g/mol. The number of thiophene rings is 2. The first-order valence-electron chi connectivity index (χ1n) is 9.40. The number of anilines is 1. The van der Waals surface area contributed by atoms with Crippen molar-refractivity contribution in [1.29, 1.82) is 0 Å². The predicted molar refractivity (Wildman–Crippen MR) is 122 cm³/mol. The molecule has 7 nitrogen and oxygen atoms in total. The molecule has 0 atom stereocenters. The molecule has 5 rings (SSSR count). The summed E-state index contributed by atoms with van der Waals surface area (Å²) in [6, 6.07) is 10.9. The zero-order valence-electron chi connectivity index (χ0n) is 16.5. The number of hydrogen-bond donors (Lipinski definition) is 3. The van der Waals surface area contributed by atoms with Gasteiger partial charge in [-0.05, 0) is 48.6 Å². The van der Waals surface area contributed by atoms with Crippen molar-refractivity contribution in [3.05, 3.63) is 58.6 Å². The van der Waals surface area contributed by atoms with Crippen molar-refractivity contribution >= 4 is 50.5 Å². The second-order valence-corrected chi connectivity index (χ2v) is 9.01. The van der Waals surface area contributed by atoms with Crippen LogP contribution in [0.4, 0.5) is 5.82 Å². The van der Waals surface area contributed by atoms with Crippen molar-refractivity contribution in [1.82, 2.24) is 15.3 Å². The molecule has 0 radical (unpaired) electrons. The fourth-order valence-electron chi connectivity index (χ4n) is 3.48. The summed E-state index contributed by atoms with van der Waals surface area (Å²) in [5.41, 5.74) is 2.30. The van der Waals surface area contributed by atoms with Crippen LogP contribution >= 0.6 is 22.7 Å². The lowest BCUT2D eigenvalue weighted by Gasteiger charge is -2.09. The van der Waals surface area contributed by atoms with E-state index in [1.807, 2.05) is 30.5 Å². The van der Waals surface area contributed by atoms with E-state index < -0.39 is 11.8 Å². The van der Waals surface area contributed by atoms with E-state index in [1.165, 1.54) is 22.7 Å². The number of phenolic OH excluding ortho intramolecular Hbond substituents is 1. The molecule has 0 spiro atoms. The molecule has 3 aromatic heterocycles. The smallest absolute Gasteiger partial charge is 0.275 e. The Morgan fingerprint density at radius 1 is 1.06 bits per heavy atom. The summed E-state index contributed by atoms with van der Waals surface area (Å²) in [6.45, 7) is 3.55. The third kappa shape index (κ3) is 3.28. The van der Waals surface area contributed by atoms with Crippen molar-refractivity contribution in [2.75, 3.05) is 5.32 Å². The molecule has 0 aliphatic carbocycles. The minimum atomic E-state index is -0.479. The highest BCUT2D eigenvalue weighted by atomic mass is 32.1. The van der Waals surface area contributed by atoms with Gasteiger partial charge in [-0.3, -0.25) is 14.9 Å². The second-order valence-electron chi connectivity index (χ2n) is 7.07. The molecular formula is C22H16N4O3S2. The fraction of sp³-hybridized carbons (Fsp3) is 0.0909. The number of imide groups is 1. The van der Waals surface area contributed by atoms with Crippen LogP contribution in [0.15, 0.2) is 53.0 Å². The van der Waals surface area contributed by atoms with Gasteiger partial charge in [0.15, 0.2) is 5.82 Å². The molecule has 4 aromatic rings. The molecular weight excluding hydrogens is 432 g/mol. The van der Waals surface area contributed by atoms with Crippen LogP contribution in [0.3, 0.4) is 0 Å². The van der Waals surface area contributed by atoms with Crippen LogP contribution in [0.5, 0.6) is 5.75 Å². The first kappa shape index (κ1) is 19.4. The van der Waals surface area contributed by atoms with Crippen LogP contribution in [-0.2, 0) is 9.59 Å². The number of carbonyl (C=O) groups is 2. The van der Waals surface area contributed by atoms with E-state index in [4.69, 9.17) is 9.97 Å². The summed E-state index contributed by atoms with van der Waals surface area (Å²) in [4.78, 5) is 36.3. The van der Waals surface area contributed by atoms with Gasteiger partial charge in [-0.15, -0.1) is 22.7 Å². The summed E-state index contributed by atoms with van der Waals surface area (Å²) in [5, 5.41) is 18.0. The van der Waals surface area contributed by atoms with Crippen LogP contribution in [0.1, 0.15) is 12.5 Å². The summed E-state index contributed by atoms with van der Waals surface area (Å²) >= 11 is 3.01. The Labute approximate surface area is 185 Å². The van der Waals surface area contributed by atoms with E-state index in [1.54, 1.807) is 25.1 Å². The molecule has 0 saturated carbocycles. The highest BCUT2D eigenvalue weighted by Gasteiger charge is 2.29. The van der Waals surface area contributed by atoms with Gasteiger partial charge in [-0.2, -0.15) is 0 Å². The topological polar surface area (TPSA) is 104 Å². The molecule has 1 aliphatic heterocycles. The number of nitrogens with zero attached hydrogens (tertiary/aromatic N) is 2. The zero-order valence-corrected chi connectivity index (χ0v) is 18.1. The van der Waals surface area contributed by atoms with Crippen molar-refractivity contribution in [2.45, 2.75) is 13.8 Å². The van der Waals surface area contributed by atoms with E-state index in [-0.39, 0.29) is 11.4 Å². The molecule has 154 valence electrons. The molecule has 3 N–H and O–H groups in total. The quantitative estimate of drug-likeness (QED) is 0.399. The molecule has 2 amide bonds. The maximum absolute atomic E-state index is 12.3. The van der Waals surface area contributed by atoms with E-state index in [2.05, 4.69) is 10.6 Å². The van der Waals surface area contributed by atoms with Crippen molar-refractivity contribution < 1.29 is 14.7 Å². The van der Waals surface area contributed by atoms with Crippen LogP contribution in [0, 0.1) is 6.92 Å². The minimum Gasteiger partial charge on any atom is -0.508 e. The Bertz CT molecular complexity index is 1400. The number of rotatable bonds is 4. The highest BCUT2D eigenvalue weighted by Crippen LogP contribution is 2.42. The number of hydrogen-bond acceptors (Lipinski definition) is 8. The number of aryl methyl sites for hydroxylation is 1. The normalized spacial score (nSPS) is 13.9. The lowest BCUT2D eigenvalue weighted by molar-refractivity contribution is -0.124. The number of fused-ring (bicyclic) bond motifs is 1. The van der Waals surface area contributed by atoms with Crippen LogP contribution in [0.25, 0.3) is 31.4 Å². The Morgan fingerprint density at radius 3 is 2.58 bits per heavy atom. The Morgan fingerprint density at radius 2 is 1.90 bits per heavy atom. The maximum atomic E-state index is 12.3. The van der Waals surface area contributed by atoms with Gasteiger partial charge in [0, 0.05) is 10.5 Å². The first-order valence-corrected chi connectivity index (χ1v) is 11.1. The SMILES string of the molecule is CC1=C(Nc2nc(-c3cccs3)nc3sc(-c4cccc(O)c4)c(C)c23)C(=O)NC1=O. The van der Waals surface area contributed by atoms with Crippen molar-refractivity contribution in [3.8, 4) is 26.9 Å². The molecule has 31 heavy (non-hydrogen) atoms. The number of benzene rings is 1. The number of phenols is 1. The molecule has 1 aliphatic rings. The summed E-state index contributed by atoms with van der Waals surface area (Å²) < 4.78 is 0. The summed E-state index contributed by atoms with van der Waals surface area (Å²) in [7, 11) is 0. The van der Waals surface area contributed by atoms with Crippen molar-refractivity contribution in [2.24, 2.45) is 0 Å². The summed E-state index contributed by atoms with van der Waals surface area (Å²) in [6.07, 6.45) is 0. The standard InChI is InChI=1S/C22H16N4O3S2/c1-10-15-19(23-16-11(2)20(28)26-21(16)29)24-18(14-7-4-8-30-14)25-22(15)31-17(10)12-5-3-6-13(27)9-12/h3-9,27H,1-2H3,(H2,23,24,25,26,28,29). The molecule has 4 heterocycles. The Kier molecular flexibility index (Phi) is 4.57. The van der Waals surface area contributed by atoms with Crippen molar-refractivity contribution in [3.63, 3.8) is 0 Å². The van der Waals surface area contributed by atoms with Gasteiger partial charge in [0.1, 0.15) is 22.1 Å². The zero-order chi connectivity index (χ0) is 21.7. The van der Waals surface area contributed by atoms with Crippen LogP contribution in [-0.4, -0.2) is 26.9 Å². The van der Waals surface area contributed by atoms with Gasteiger partial charge in [0.25, 0.3) is 11.8 Å². The van der Waals surface area contributed by atoms with Gasteiger partial charge in [-0.1, -0.05) is 18.2 Å². The molecule has 0 bridgehead atoms. The van der Waals surface area contributed by atoms with E-state index in [0.29, 0.717) is 17.2 Å². The number of nitrogens with one attached hydrogen (secondary N) is 2. The van der Waals surface area contributed by atoms with Gasteiger partial charge >= 0.3 is 0 Å². The number of aromatic nitrogens is 2. The number of aromatic hydroxyl groups is 1. The average Bonchev–Trinajstić information content (AvgIpc) is 3.44. The number of amides is 2. The van der Waals surface area contributed by atoms with Gasteiger partial charge in [-0.25, -0.2) is 9.97 Å². The molecule has 9 heteroatoms. The minimum absolute atomic E-state index is 0.181. The average molecular weight is 449 g/mol. The fourth-order valence-corrected chi connectivity index (χ4v) is 5.31. The molecule has 0 unspecified atom stereocenters. The van der Waals surface area contributed by atoms with Gasteiger partial charge in [0.2, 0.25) is 0 Å². The van der Waals surface area contributed by atoms with Crippen LogP contribution < -0.4 is 10.6 Å². The van der Waals surface area contributed by atoms with E-state index in [9.17, 15) is 14.7 Å². The van der Waals surface area contributed by atoms with Crippen LogP contribution in [0.2, 0.25) is 0 Å². The van der Waals surface area contributed by atoms with Gasteiger partial charge < -0.3 is 10.4 Å². The lowest BCUT2D eigenvalue weighted by Crippen LogP contribution is -2.24. The Hall–Kier alpha value is -3.56. The second kappa shape index (κ2) is 7.29. The first-order chi connectivity index (χ1) is 14.9.